The maximum absolute atomic E-state index is 13.2. The van der Waals surface area contributed by atoms with E-state index in [9.17, 15) is 14.0 Å². The van der Waals surface area contributed by atoms with Crippen molar-refractivity contribution in [1.29, 1.82) is 0 Å². The monoisotopic (exact) mass is 288 g/mol. The van der Waals surface area contributed by atoms with E-state index in [1.165, 1.54) is 18.2 Å². The van der Waals surface area contributed by atoms with Gasteiger partial charge in [0.2, 0.25) is 0 Å². The summed E-state index contributed by atoms with van der Waals surface area (Å²) in [5.41, 5.74) is 0.0678. The van der Waals surface area contributed by atoms with Gasteiger partial charge in [0, 0.05) is 11.5 Å². The van der Waals surface area contributed by atoms with Gasteiger partial charge in [-0.15, -0.1) is 0 Å². The fraction of sp³-hybridized carbons (Fsp3) is 0.267. The highest BCUT2D eigenvalue weighted by molar-refractivity contribution is 6.01. The molecule has 21 heavy (non-hydrogen) atoms. The number of rotatable bonds is 3. The second-order valence-corrected chi connectivity index (χ2v) is 5.30. The number of nitrogens with zero attached hydrogens (tertiary/aromatic N) is 1. The minimum Gasteiger partial charge on any atom is -0.480 e. The van der Waals surface area contributed by atoms with Gasteiger partial charge in [-0.2, -0.15) is 0 Å². The second kappa shape index (κ2) is 4.51. The molecular weight excluding hydrogens is 275 g/mol. The van der Waals surface area contributed by atoms with Crippen LogP contribution in [-0.2, 0) is 4.79 Å². The number of amides is 1. The van der Waals surface area contributed by atoms with Crippen molar-refractivity contribution in [2.45, 2.75) is 25.3 Å². The summed E-state index contributed by atoms with van der Waals surface area (Å²) < 4.78 is 13.2. The molecule has 1 saturated carbocycles. The van der Waals surface area contributed by atoms with Gasteiger partial charge in [-0.3, -0.25) is 9.78 Å². The SMILES string of the molecule is Cc1nc2cc(F)ccc2cc1C(=O)NC1(C(=O)O)CC1. The molecule has 1 amide bonds. The highest BCUT2D eigenvalue weighted by atomic mass is 19.1. The minimum absolute atomic E-state index is 0.307. The molecule has 0 atom stereocenters. The first-order valence-electron chi connectivity index (χ1n) is 6.54. The molecule has 1 aliphatic rings. The third kappa shape index (κ3) is 2.33. The Morgan fingerprint density at radius 3 is 2.67 bits per heavy atom. The number of pyridine rings is 1. The van der Waals surface area contributed by atoms with Gasteiger partial charge in [-0.25, -0.2) is 9.18 Å². The zero-order valence-electron chi connectivity index (χ0n) is 11.3. The summed E-state index contributed by atoms with van der Waals surface area (Å²) in [5, 5.41) is 12.3. The molecule has 0 bridgehead atoms. The van der Waals surface area contributed by atoms with Crippen LogP contribution in [0.3, 0.4) is 0 Å². The van der Waals surface area contributed by atoms with E-state index in [-0.39, 0.29) is 0 Å². The molecule has 1 aliphatic carbocycles. The molecule has 5 nitrogen and oxygen atoms in total. The summed E-state index contributed by atoms with van der Waals surface area (Å²) in [6.07, 6.45) is 0.860. The molecule has 3 rings (SSSR count). The number of nitrogens with one attached hydrogen (secondary N) is 1. The number of hydrogen-bond acceptors (Lipinski definition) is 3. The maximum atomic E-state index is 13.2. The molecular formula is C15H13FN2O3. The quantitative estimate of drug-likeness (QED) is 0.905. The average Bonchev–Trinajstić information content (AvgIpc) is 3.18. The summed E-state index contributed by atoms with van der Waals surface area (Å²) in [5.74, 6) is -1.88. The van der Waals surface area contributed by atoms with Crippen molar-refractivity contribution in [3.05, 3.63) is 41.3 Å². The average molecular weight is 288 g/mol. The number of aliphatic carboxylic acids is 1. The Kier molecular flexibility index (Phi) is 2.90. The van der Waals surface area contributed by atoms with Crippen molar-refractivity contribution in [1.82, 2.24) is 10.3 Å². The lowest BCUT2D eigenvalue weighted by Gasteiger charge is -2.14. The van der Waals surface area contributed by atoms with Crippen molar-refractivity contribution < 1.29 is 19.1 Å². The van der Waals surface area contributed by atoms with Crippen LogP contribution < -0.4 is 5.32 Å². The number of carbonyl (C=O) groups is 2. The molecule has 2 aromatic rings. The number of hydrogen-bond donors (Lipinski definition) is 2. The van der Waals surface area contributed by atoms with Crippen LogP contribution in [0, 0.1) is 12.7 Å². The molecule has 1 fully saturated rings. The molecule has 1 aromatic heterocycles. The molecule has 108 valence electrons. The molecule has 0 unspecified atom stereocenters. The highest BCUT2D eigenvalue weighted by Gasteiger charge is 2.51. The molecule has 0 aliphatic heterocycles. The van der Waals surface area contributed by atoms with Gasteiger partial charge in [0.05, 0.1) is 16.8 Å². The first-order chi connectivity index (χ1) is 9.91. The largest absolute Gasteiger partial charge is 0.480 e. The van der Waals surface area contributed by atoms with E-state index in [2.05, 4.69) is 10.3 Å². The van der Waals surface area contributed by atoms with Crippen LogP contribution in [0.2, 0.25) is 0 Å². The summed E-state index contributed by atoms with van der Waals surface area (Å²) in [7, 11) is 0. The first kappa shape index (κ1) is 13.5. The van der Waals surface area contributed by atoms with Gasteiger partial charge in [0.15, 0.2) is 0 Å². The van der Waals surface area contributed by atoms with Gasteiger partial charge in [0.25, 0.3) is 5.91 Å². The van der Waals surface area contributed by atoms with E-state index in [0.29, 0.717) is 35.0 Å². The van der Waals surface area contributed by atoms with Gasteiger partial charge >= 0.3 is 5.97 Å². The Hall–Kier alpha value is -2.50. The van der Waals surface area contributed by atoms with E-state index < -0.39 is 23.2 Å². The molecule has 6 heteroatoms. The van der Waals surface area contributed by atoms with Crippen LogP contribution in [-0.4, -0.2) is 27.5 Å². The number of aryl methyl sites for hydroxylation is 1. The zero-order chi connectivity index (χ0) is 15.2. The molecule has 0 saturated heterocycles. The lowest BCUT2D eigenvalue weighted by molar-refractivity contribution is -0.140. The van der Waals surface area contributed by atoms with E-state index in [0.717, 1.165) is 0 Å². The fourth-order valence-corrected chi connectivity index (χ4v) is 2.27. The Labute approximate surface area is 119 Å². The topological polar surface area (TPSA) is 79.3 Å². The van der Waals surface area contributed by atoms with Crippen LogP contribution in [0.1, 0.15) is 28.9 Å². The number of carbonyl (C=O) groups excluding carboxylic acids is 1. The second-order valence-electron chi connectivity index (χ2n) is 5.30. The molecule has 0 spiro atoms. The summed E-state index contributed by atoms with van der Waals surface area (Å²) in [4.78, 5) is 27.6. The molecule has 1 heterocycles. The Morgan fingerprint density at radius 2 is 2.05 bits per heavy atom. The summed E-state index contributed by atoms with van der Waals surface area (Å²) in [6, 6.07) is 5.73. The standard InChI is InChI=1S/C15H13FN2O3/c1-8-11(13(19)18-15(4-5-15)14(20)21)6-9-2-3-10(16)7-12(9)17-8/h2-3,6-7H,4-5H2,1H3,(H,18,19)(H,20,21). The number of halogens is 1. The van der Waals surface area contributed by atoms with Crippen LogP contribution in [0.5, 0.6) is 0 Å². The highest BCUT2D eigenvalue weighted by Crippen LogP contribution is 2.36. The zero-order valence-corrected chi connectivity index (χ0v) is 11.3. The number of benzene rings is 1. The predicted octanol–water partition coefficient (Wildman–Crippen LogP) is 2.03. The van der Waals surface area contributed by atoms with Gasteiger partial charge in [-0.05, 0) is 38.0 Å². The van der Waals surface area contributed by atoms with E-state index in [4.69, 9.17) is 5.11 Å². The maximum Gasteiger partial charge on any atom is 0.329 e. The molecule has 2 N–H and O–H groups in total. The Bertz CT molecular complexity index is 769. The minimum atomic E-state index is -1.14. The smallest absolute Gasteiger partial charge is 0.329 e. The number of carboxylic acid groups (broad SMARTS) is 1. The Balaban J connectivity index is 1.96. The molecule has 1 aromatic carbocycles. The third-order valence-electron chi connectivity index (χ3n) is 3.73. The fourth-order valence-electron chi connectivity index (χ4n) is 2.27. The van der Waals surface area contributed by atoms with Gasteiger partial charge in [0.1, 0.15) is 11.4 Å². The van der Waals surface area contributed by atoms with Crippen LogP contribution in [0.15, 0.2) is 24.3 Å². The van der Waals surface area contributed by atoms with Crippen LogP contribution in [0.4, 0.5) is 4.39 Å². The number of fused-ring (bicyclic) bond motifs is 1. The van der Waals surface area contributed by atoms with E-state index in [1.54, 1.807) is 13.0 Å². The first-order valence-corrected chi connectivity index (χ1v) is 6.54. The van der Waals surface area contributed by atoms with Gasteiger partial charge in [-0.1, -0.05) is 0 Å². The Morgan fingerprint density at radius 1 is 1.33 bits per heavy atom. The lowest BCUT2D eigenvalue weighted by atomic mass is 10.1. The van der Waals surface area contributed by atoms with Crippen molar-refractivity contribution in [2.75, 3.05) is 0 Å². The molecule has 0 radical (unpaired) electrons. The lowest BCUT2D eigenvalue weighted by Crippen LogP contribution is -2.43. The number of carboxylic acids is 1. The van der Waals surface area contributed by atoms with Crippen molar-refractivity contribution in [3.8, 4) is 0 Å². The predicted molar refractivity (Wildman–Crippen MR) is 73.5 cm³/mol. The summed E-state index contributed by atoms with van der Waals surface area (Å²) in [6.45, 7) is 1.64. The van der Waals surface area contributed by atoms with Gasteiger partial charge < -0.3 is 10.4 Å². The third-order valence-corrected chi connectivity index (χ3v) is 3.73. The van der Waals surface area contributed by atoms with Crippen LogP contribution in [0.25, 0.3) is 10.9 Å². The van der Waals surface area contributed by atoms with Crippen molar-refractivity contribution in [2.24, 2.45) is 0 Å². The number of aromatic nitrogens is 1. The van der Waals surface area contributed by atoms with Crippen LogP contribution >= 0.6 is 0 Å². The summed E-state index contributed by atoms with van der Waals surface area (Å²) >= 11 is 0. The van der Waals surface area contributed by atoms with Crippen molar-refractivity contribution in [3.63, 3.8) is 0 Å². The normalized spacial score (nSPS) is 15.7. The van der Waals surface area contributed by atoms with E-state index >= 15 is 0 Å². The van der Waals surface area contributed by atoms with Crippen molar-refractivity contribution >= 4 is 22.8 Å². The van der Waals surface area contributed by atoms with E-state index in [1.807, 2.05) is 0 Å².